The number of fused-ring (bicyclic) bond motifs is 1. The highest BCUT2D eigenvalue weighted by Crippen LogP contribution is 2.37. The van der Waals surface area contributed by atoms with Crippen LogP contribution in [-0.4, -0.2) is 23.1 Å². The van der Waals surface area contributed by atoms with Crippen molar-refractivity contribution in [2.75, 3.05) is 5.75 Å². The fourth-order valence-corrected chi connectivity index (χ4v) is 3.82. The van der Waals surface area contributed by atoms with Gasteiger partial charge in [-0.1, -0.05) is 23.7 Å². The summed E-state index contributed by atoms with van der Waals surface area (Å²) >= 11 is 5.64. The van der Waals surface area contributed by atoms with Gasteiger partial charge in [-0.3, -0.25) is 0 Å². The molecule has 3 aromatic rings. The molecule has 0 saturated carbocycles. The van der Waals surface area contributed by atoms with E-state index in [2.05, 4.69) is 4.98 Å². The van der Waals surface area contributed by atoms with Gasteiger partial charge in [0.15, 0.2) is 5.82 Å². The first kappa shape index (κ1) is 17.8. The van der Waals surface area contributed by atoms with Gasteiger partial charge in [-0.05, 0) is 37.3 Å². The molecule has 0 amide bonds. The number of imidazole rings is 1. The van der Waals surface area contributed by atoms with E-state index < -0.39 is 26.8 Å². The molecule has 25 heavy (non-hydrogen) atoms. The van der Waals surface area contributed by atoms with Gasteiger partial charge in [-0.2, -0.15) is 13.2 Å². The van der Waals surface area contributed by atoms with Crippen molar-refractivity contribution in [3.8, 4) is 11.4 Å². The third kappa shape index (κ3) is 3.11. The number of hydrogen-bond acceptors (Lipinski definition) is 3. The van der Waals surface area contributed by atoms with Crippen LogP contribution in [0.4, 0.5) is 13.2 Å². The van der Waals surface area contributed by atoms with Gasteiger partial charge in [0.25, 0.3) is 0 Å². The fraction of sp³-hybridized carbons (Fsp3) is 0.188. The van der Waals surface area contributed by atoms with Crippen molar-refractivity contribution < 1.29 is 21.6 Å². The van der Waals surface area contributed by atoms with Gasteiger partial charge in [0.05, 0.1) is 27.4 Å². The van der Waals surface area contributed by atoms with E-state index in [4.69, 9.17) is 11.6 Å². The molecule has 0 aliphatic carbocycles. The van der Waals surface area contributed by atoms with Crippen molar-refractivity contribution in [2.45, 2.75) is 13.1 Å². The van der Waals surface area contributed by atoms with Crippen LogP contribution < -0.4 is 0 Å². The second kappa shape index (κ2) is 6.03. The summed E-state index contributed by atoms with van der Waals surface area (Å²) in [5.41, 5.74) is -0.343. The molecule has 1 heterocycles. The molecule has 4 nitrogen and oxygen atoms in total. The summed E-state index contributed by atoms with van der Waals surface area (Å²) in [7, 11) is -3.78. The van der Waals surface area contributed by atoms with Crippen LogP contribution in [0, 0.1) is 0 Å². The molecule has 0 unspecified atom stereocenters. The Balaban J connectivity index is 2.36. The monoisotopic (exact) mass is 388 g/mol. The molecule has 0 fully saturated rings. The second-order valence-corrected chi connectivity index (χ2v) is 7.80. The third-order valence-electron chi connectivity index (χ3n) is 3.69. The zero-order chi connectivity index (χ0) is 18.4. The van der Waals surface area contributed by atoms with E-state index in [9.17, 15) is 21.6 Å². The molecular formula is C16H12ClF3N2O2S. The summed E-state index contributed by atoms with van der Waals surface area (Å²) in [6.07, 6.45) is -4.66. The first-order valence-electron chi connectivity index (χ1n) is 7.23. The molecule has 0 saturated heterocycles. The molecule has 0 atom stereocenters. The quantitative estimate of drug-likeness (QED) is 0.660. The Hall–Kier alpha value is -2.06. The Labute approximate surface area is 146 Å². The highest BCUT2D eigenvalue weighted by Gasteiger charge is 2.34. The maximum absolute atomic E-state index is 13.1. The summed E-state index contributed by atoms with van der Waals surface area (Å²) in [4.78, 5) is 4.22. The van der Waals surface area contributed by atoms with E-state index >= 15 is 0 Å². The average molecular weight is 389 g/mol. The lowest BCUT2D eigenvalue weighted by Gasteiger charge is -2.12. The maximum atomic E-state index is 13.1. The molecule has 3 rings (SSSR count). The number of aromatic nitrogens is 2. The van der Waals surface area contributed by atoms with Crippen LogP contribution in [0.3, 0.4) is 0 Å². The standard InChI is InChI=1S/C16H12ClF3N2O2S/c1-2-25(23,24)22-14-6-4-3-5-13(14)21-15(22)10-7-8-12(17)11(9-10)16(18,19)20/h3-9H,2H2,1H3. The second-order valence-electron chi connectivity index (χ2n) is 5.28. The summed E-state index contributed by atoms with van der Waals surface area (Å²) in [5, 5.41) is -0.461. The Morgan fingerprint density at radius 1 is 1.16 bits per heavy atom. The predicted molar refractivity (Wildman–Crippen MR) is 90.0 cm³/mol. The number of benzene rings is 2. The zero-order valence-corrected chi connectivity index (χ0v) is 14.5. The Morgan fingerprint density at radius 2 is 1.84 bits per heavy atom. The van der Waals surface area contributed by atoms with E-state index in [1.54, 1.807) is 24.3 Å². The zero-order valence-electron chi connectivity index (χ0n) is 12.9. The number of halogens is 4. The molecule has 1 aromatic heterocycles. The third-order valence-corrected chi connectivity index (χ3v) is 5.68. The SMILES string of the molecule is CCS(=O)(=O)n1c(-c2ccc(Cl)c(C(F)(F)F)c2)nc2ccccc21. The lowest BCUT2D eigenvalue weighted by molar-refractivity contribution is -0.137. The van der Waals surface area contributed by atoms with E-state index in [0.717, 1.165) is 16.1 Å². The minimum atomic E-state index is -4.66. The van der Waals surface area contributed by atoms with Gasteiger partial charge >= 0.3 is 6.18 Å². The van der Waals surface area contributed by atoms with Crippen LogP contribution in [0.15, 0.2) is 42.5 Å². The number of alkyl halides is 3. The van der Waals surface area contributed by atoms with Crippen LogP contribution in [0.2, 0.25) is 5.02 Å². The Morgan fingerprint density at radius 3 is 2.48 bits per heavy atom. The van der Waals surface area contributed by atoms with Crippen molar-refractivity contribution in [1.29, 1.82) is 0 Å². The number of rotatable bonds is 3. The van der Waals surface area contributed by atoms with Gasteiger partial charge in [-0.25, -0.2) is 17.4 Å². The average Bonchev–Trinajstić information content (AvgIpc) is 2.94. The molecule has 9 heteroatoms. The predicted octanol–water partition coefficient (Wildman–Crippen LogP) is 4.57. The molecule has 0 spiro atoms. The largest absolute Gasteiger partial charge is 0.417 e. The van der Waals surface area contributed by atoms with Crippen LogP contribution in [0.25, 0.3) is 22.4 Å². The molecule has 2 aromatic carbocycles. The molecule has 0 bridgehead atoms. The van der Waals surface area contributed by atoms with Gasteiger partial charge in [0, 0.05) is 5.56 Å². The van der Waals surface area contributed by atoms with Crippen LogP contribution in [0.1, 0.15) is 12.5 Å². The number of hydrogen-bond donors (Lipinski definition) is 0. The minimum absolute atomic E-state index is 0.0185. The van der Waals surface area contributed by atoms with Crippen LogP contribution >= 0.6 is 11.6 Å². The van der Waals surface area contributed by atoms with E-state index in [1.807, 2.05) is 0 Å². The maximum Gasteiger partial charge on any atom is 0.417 e. The minimum Gasteiger partial charge on any atom is -0.227 e. The first-order valence-corrected chi connectivity index (χ1v) is 9.21. The molecule has 0 radical (unpaired) electrons. The summed E-state index contributed by atoms with van der Waals surface area (Å²) in [6, 6.07) is 9.68. The van der Waals surface area contributed by atoms with E-state index in [0.29, 0.717) is 11.0 Å². The van der Waals surface area contributed by atoms with Crippen molar-refractivity contribution in [3.05, 3.63) is 53.1 Å². The normalized spacial score (nSPS) is 12.7. The van der Waals surface area contributed by atoms with Gasteiger partial charge < -0.3 is 0 Å². The van der Waals surface area contributed by atoms with Gasteiger partial charge in [0.2, 0.25) is 10.0 Å². The fourth-order valence-electron chi connectivity index (χ4n) is 2.48. The lowest BCUT2D eigenvalue weighted by atomic mass is 10.1. The Kier molecular flexibility index (Phi) is 4.28. The topological polar surface area (TPSA) is 52.0 Å². The van der Waals surface area contributed by atoms with Crippen LogP contribution in [-0.2, 0) is 16.2 Å². The summed E-state index contributed by atoms with van der Waals surface area (Å²) < 4.78 is 65.3. The molecule has 132 valence electrons. The molecule has 0 aliphatic heterocycles. The van der Waals surface area contributed by atoms with E-state index in [1.165, 1.54) is 13.0 Å². The summed E-state index contributed by atoms with van der Waals surface area (Å²) in [5.74, 6) is -0.301. The van der Waals surface area contributed by atoms with E-state index in [-0.39, 0.29) is 17.1 Å². The summed E-state index contributed by atoms with van der Waals surface area (Å²) in [6.45, 7) is 1.46. The van der Waals surface area contributed by atoms with Crippen molar-refractivity contribution in [2.24, 2.45) is 0 Å². The number of nitrogens with zero attached hydrogens (tertiary/aromatic N) is 2. The van der Waals surface area contributed by atoms with Crippen molar-refractivity contribution in [1.82, 2.24) is 8.96 Å². The smallest absolute Gasteiger partial charge is 0.227 e. The lowest BCUT2D eigenvalue weighted by Crippen LogP contribution is -2.16. The van der Waals surface area contributed by atoms with Crippen molar-refractivity contribution in [3.63, 3.8) is 0 Å². The molecular weight excluding hydrogens is 377 g/mol. The molecule has 0 aliphatic rings. The van der Waals surface area contributed by atoms with Crippen LogP contribution in [0.5, 0.6) is 0 Å². The number of para-hydroxylation sites is 2. The first-order chi connectivity index (χ1) is 11.6. The Bertz CT molecular complexity index is 1060. The highest BCUT2D eigenvalue weighted by molar-refractivity contribution is 7.90. The van der Waals surface area contributed by atoms with Gasteiger partial charge in [-0.15, -0.1) is 0 Å². The van der Waals surface area contributed by atoms with Crippen molar-refractivity contribution >= 4 is 32.7 Å². The van der Waals surface area contributed by atoms with Gasteiger partial charge in [0.1, 0.15) is 0 Å². The highest BCUT2D eigenvalue weighted by atomic mass is 35.5. The molecule has 0 N–H and O–H groups in total.